The highest BCUT2D eigenvalue weighted by molar-refractivity contribution is 5.93. The zero-order valence-electron chi connectivity index (χ0n) is 8.53. The van der Waals surface area contributed by atoms with Crippen LogP contribution in [0.3, 0.4) is 0 Å². The number of carboxylic acid groups (broad SMARTS) is 1. The molecule has 0 atom stereocenters. The Hall–Kier alpha value is -2.70. The number of hydrogen-bond donors (Lipinski definition) is 2. The Balaban J connectivity index is 2.48. The molecule has 3 N–H and O–H groups in total. The van der Waals surface area contributed by atoms with E-state index in [1.807, 2.05) is 0 Å². The highest BCUT2D eigenvalue weighted by Gasteiger charge is 2.10. The van der Waals surface area contributed by atoms with Gasteiger partial charge in [0.25, 0.3) is 0 Å². The number of aromatic carboxylic acids is 1. The Morgan fingerprint density at radius 1 is 1.41 bits per heavy atom. The third-order valence-electron chi connectivity index (χ3n) is 2.50. The molecule has 0 amide bonds. The number of hydrogen-bond acceptors (Lipinski definition) is 5. The van der Waals surface area contributed by atoms with E-state index in [1.165, 1.54) is 18.5 Å². The molecule has 0 saturated carbocycles. The van der Waals surface area contributed by atoms with Gasteiger partial charge in [0.1, 0.15) is 6.33 Å². The first-order valence-electron chi connectivity index (χ1n) is 4.79. The molecule has 0 aliphatic rings. The number of carboxylic acids is 1. The molecule has 0 aliphatic heterocycles. The molecule has 2 heterocycles. The van der Waals surface area contributed by atoms with Crippen LogP contribution in [0, 0.1) is 0 Å². The second kappa shape index (κ2) is 3.14. The summed E-state index contributed by atoms with van der Waals surface area (Å²) in [6.45, 7) is 0. The molecule has 1 aromatic carbocycles. The van der Waals surface area contributed by atoms with Gasteiger partial charge in [-0.3, -0.25) is 4.40 Å². The minimum atomic E-state index is -0.995. The van der Waals surface area contributed by atoms with Crippen LogP contribution in [0.4, 0.5) is 5.82 Å². The van der Waals surface area contributed by atoms with Crippen LogP contribution in [0.5, 0.6) is 0 Å². The number of carbonyl (C=O) groups is 1. The van der Waals surface area contributed by atoms with Crippen molar-refractivity contribution in [2.75, 3.05) is 5.73 Å². The topological polar surface area (TPSA) is 106 Å². The minimum Gasteiger partial charge on any atom is -0.478 e. The molecule has 0 aliphatic carbocycles. The molecule has 0 spiro atoms. The van der Waals surface area contributed by atoms with E-state index < -0.39 is 5.97 Å². The number of anilines is 1. The van der Waals surface area contributed by atoms with E-state index in [1.54, 1.807) is 10.5 Å². The third kappa shape index (κ3) is 1.29. The Labute approximate surface area is 94.5 Å². The summed E-state index contributed by atoms with van der Waals surface area (Å²) in [6.07, 6.45) is 1.47. The molecule has 3 aromatic rings. The second-order valence-electron chi connectivity index (χ2n) is 3.53. The molecule has 0 fully saturated rings. The van der Waals surface area contributed by atoms with Crippen LogP contribution < -0.4 is 5.73 Å². The fourth-order valence-electron chi connectivity index (χ4n) is 1.71. The van der Waals surface area contributed by atoms with E-state index in [0.29, 0.717) is 16.7 Å². The first kappa shape index (κ1) is 9.52. The predicted molar refractivity (Wildman–Crippen MR) is 59.7 cm³/mol. The van der Waals surface area contributed by atoms with Crippen LogP contribution in [-0.4, -0.2) is 30.7 Å². The van der Waals surface area contributed by atoms with Crippen molar-refractivity contribution in [3.8, 4) is 0 Å². The van der Waals surface area contributed by atoms with Crippen molar-refractivity contribution >= 4 is 28.5 Å². The minimum absolute atomic E-state index is 0.180. The molecule has 0 saturated heterocycles. The Morgan fingerprint density at radius 2 is 2.24 bits per heavy atom. The zero-order chi connectivity index (χ0) is 12.0. The van der Waals surface area contributed by atoms with Crippen molar-refractivity contribution in [2.24, 2.45) is 0 Å². The van der Waals surface area contributed by atoms with Crippen LogP contribution >= 0.6 is 0 Å². The number of aromatic nitrogens is 4. The van der Waals surface area contributed by atoms with Gasteiger partial charge in [0.15, 0.2) is 5.82 Å². The summed E-state index contributed by atoms with van der Waals surface area (Å²) >= 11 is 0. The largest absolute Gasteiger partial charge is 0.478 e. The zero-order valence-corrected chi connectivity index (χ0v) is 8.53. The lowest BCUT2D eigenvalue weighted by atomic mass is 10.2. The number of nitrogen functional groups attached to an aromatic ring is 1. The monoisotopic (exact) mass is 229 g/mol. The van der Waals surface area contributed by atoms with Crippen LogP contribution in [0.25, 0.3) is 16.7 Å². The number of nitrogens with two attached hydrogens (primary N) is 1. The number of benzene rings is 1. The highest BCUT2D eigenvalue weighted by Crippen LogP contribution is 2.19. The summed E-state index contributed by atoms with van der Waals surface area (Å²) in [5.74, 6) is -0.733. The van der Waals surface area contributed by atoms with E-state index in [-0.39, 0.29) is 11.4 Å². The average molecular weight is 229 g/mol. The molecule has 0 unspecified atom stereocenters. The molecule has 17 heavy (non-hydrogen) atoms. The lowest BCUT2D eigenvalue weighted by molar-refractivity contribution is 0.0697. The lowest BCUT2D eigenvalue weighted by Crippen LogP contribution is -2.01. The summed E-state index contributed by atoms with van der Waals surface area (Å²) in [6, 6.07) is 4.60. The maximum Gasteiger partial charge on any atom is 0.335 e. The highest BCUT2D eigenvalue weighted by atomic mass is 16.4. The van der Waals surface area contributed by atoms with Gasteiger partial charge in [-0.2, -0.15) is 0 Å². The Bertz CT molecular complexity index is 749. The molecule has 0 radical (unpaired) electrons. The molecule has 7 heteroatoms. The second-order valence-corrected chi connectivity index (χ2v) is 3.53. The standard InChI is InChI=1S/C10H7N5O2/c11-8-9-14-12-4-15(9)7-3-5(10(16)17)1-2-6(7)13-8/h1-4H,(H2,11,13)(H,16,17). The van der Waals surface area contributed by atoms with Gasteiger partial charge < -0.3 is 10.8 Å². The van der Waals surface area contributed by atoms with Crippen molar-refractivity contribution in [1.82, 2.24) is 19.6 Å². The van der Waals surface area contributed by atoms with E-state index in [9.17, 15) is 4.79 Å². The molecule has 3 rings (SSSR count). The molecular formula is C10H7N5O2. The van der Waals surface area contributed by atoms with Gasteiger partial charge in [-0.15, -0.1) is 10.2 Å². The van der Waals surface area contributed by atoms with Gasteiger partial charge in [-0.1, -0.05) is 0 Å². The number of rotatable bonds is 1. The van der Waals surface area contributed by atoms with Gasteiger partial charge in [0, 0.05) is 0 Å². The predicted octanol–water partition coefficient (Wildman–Crippen LogP) is 0.558. The van der Waals surface area contributed by atoms with Gasteiger partial charge in [-0.05, 0) is 18.2 Å². The first-order chi connectivity index (χ1) is 8.16. The van der Waals surface area contributed by atoms with Gasteiger partial charge in [0.2, 0.25) is 5.65 Å². The summed E-state index contributed by atoms with van der Waals surface area (Å²) in [5.41, 5.74) is 7.52. The normalized spacial score (nSPS) is 11.1. The molecule has 7 nitrogen and oxygen atoms in total. The third-order valence-corrected chi connectivity index (χ3v) is 2.50. The van der Waals surface area contributed by atoms with E-state index in [2.05, 4.69) is 15.2 Å². The number of fused-ring (bicyclic) bond motifs is 3. The van der Waals surface area contributed by atoms with Crippen molar-refractivity contribution in [2.45, 2.75) is 0 Å². The van der Waals surface area contributed by atoms with Crippen LogP contribution in [0.2, 0.25) is 0 Å². The van der Waals surface area contributed by atoms with E-state index in [4.69, 9.17) is 10.8 Å². The first-order valence-corrected chi connectivity index (χ1v) is 4.79. The van der Waals surface area contributed by atoms with Crippen molar-refractivity contribution in [3.05, 3.63) is 30.1 Å². The fourth-order valence-corrected chi connectivity index (χ4v) is 1.71. The summed E-state index contributed by atoms with van der Waals surface area (Å²) in [7, 11) is 0. The Kier molecular flexibility index (Phi) is 1.76. The molecule has 0 bridgehead atoms. The van der Waals surface area contributed by atoms with Gasteiger partial charge in [-0.25, -0.2) is 9.78 Å². The summed E-state index contributed by atoms with van der Waals surface area (Å²) < 4.78 is 1.62. The van der Waals surface area contributed by atoms with Gasteiger partial charge in [0.05, 0.1) is 16.6 Å². The molecular weight excluding hydrogens is 222 g/mol. The van der Waals surface area contributed by atoms with Crippen molar-refractivity contribution < 1.29 is 9.90 Å². The lowest BCUT2D eigenvalue weighted by Gasteiger charge is -2.03. The van der Waals surface area contributed by atoms with Crippen LogP contribution in [-0.2, 0) is 0 Å². The van der Waals surface area contributed by atoms with Gasteiger partial charge >= 0.3 is 5.97 Å². The molecule has 84 valence electrons. The Morgan fingerprint density at radius 3 is 3.00 bits per heavy atom. The average Bonchev–Trinajstić information content (AvgIpc) is 2.78. The van der Waals surface area contributed by atoms with Crippen molar-refractivity contribution in [3.63, 3.8) is 0 Å². The maximum absolute atomic E-state index is 10.9. The summed E-state index contributed by atoms with van der Waals surface area (Å²) in [5, 5.41) is 16.5. The fraction of sp³-hybridized carbons (Fsp3) is 0. The van der Waals surface area contributed by atoms with Crippen LogP contribution in [0.15, 0.2) is 24.5 Å². The van der Waals surface area contributed by atoms with E-state index in [0.717, 1.165) is 0 Å². The summed E-state index contributed by atoms with van der Waals surface area (Å²) in [4.78, 5) is 15.0. The SMILES string of the molecule is Nc1nc2ccc(C(=O)O)cc2n2cnnc12. The smallest absolute Gasteiger partial charge is 0.335 e. The molecule has 2 aromatic heterocycles. The van der Waals surface area contributed by atoms with E-state index >= 15 is 0 Å². The van der Waals surface area contributed by atoms with Crippen LogP contribution in [0.1, 0.15) is 10.4 Å². The quantitative estimate of drug-likeness (QED) is 0.631. The maximum atomic E-state index is 10.9. The number of nitrogens with zero attached hydrogens (tertiary/aromatic N) is 4. The van der Waals surface area contributed by atoms with Crippen molar-refractivity contribution in [1.29, 1.82) is 0 Å².